The molecule has 4 N–H and O–H groups in total. The molecule has 0 fully saturated rings. The van der Waals surface area contributed by atoms with Gasteiger partial charge in [0.2, 0.25) is 0 Å². The molecule has 3 aromatic rings. The first-order valence-corrected chi connectivity index (χ1v) is 7.74. The second kappa shape index (κ2) is 6.99. The van der Waals surface area contributed by atoms with Gasteiger partial charge in [0.25, 0.3) is 0 Å². The lowest BCUT2D eigenvalue weighted by atomic mass is 10.0. The number of nitrogens with zero attached hydrogens (tertiary/aromatic N) is 1. The highest BCUT2D eigenvalue weighted by Gasteiger charge is 2.21. The van der Waals surface area contributed by atoms with Crippen LogP contribution >= 0.6 is 0 Å². The number of nitrogen functional groups attached to an aromatic ring is 1. The maximum Gasteiger partial charge on any atom is 0.0713 e. The van der Waals surface area contributed by atoms with Crippen molar-refractivity contribution < 1.29 is 0 Å². The fourth-order valence-corrected chi connectivity index (χ4v) is 2.80. The van der Waals surface area contributed by atoms with E-state index in [1.54, 1.807) is 0 Å². The maximum absolute atomic E-state index is 6.14. The Bertz CT molecular complexity index is 724. The zero-order chi connectivity index (χ0) is 16.1. The molecule has 0 saturated heterocycles. The summed E-state index contributed by atoms with van der Waals surface area (Å²) in [6.45, 7) is 0.517. The Morgan fingerprint density at radius 3 is 1.78 bits per heavy atom. The van der Waals surface area contributed by atoms with Crippen molar-refractivity contribution >= 4 is 17.1 Å². The summed E-state index contributed by atoms with van der Waals surface area (Å²) in [5, 5.41) is 0. The van der Waals surface area contributed by atoms with Gasteiger partial charge in [0.1, 0.15) is 0 Å². The molecule has 116 valence electrons. The molecule has 3 rings (SSSR count). The molecule has 0 amide bonds. The Morgan fingerprint density at radius 1 is 0.696 bits per heavy atom. The Balaban J connectivity index is 2.09. The fourth-order valence-electron chi connectivity index (χ4n) is 2.80. The second-order valence-corrected chi connectivity index (χ2v) is 5.46. The van der Waals surface area contributed by atoms with Gasteiger partial charge in [0, 0.05) is 23.6 Å². The zero-order valence-corrected chi connectivity index (χ0v) is 13.0. The largest absolute Gasteiger partial charge is 0.399 e. The number of hydrogen-bond donors (Lipinski definition) is 2. The number of hydrogen-bond acceptors (Lipinski definition) is 3. The van der Waals surface area contributed by atoms with Gasteiger partial charge in [-0.25, -0.2) is 0 Å². The van der Waals surface area contributed by atoms with Crippen LogP contribution < -0.4 is 16.4 Å². The lowest BCUT2D eigenvalue weighted by molar-refractivity contribution is 0.707. The highest BCUT2D eigenvalue weighted by Crippen LogP contribution is 2.34. The molecule has 0 bridgehead atoms. The molecular formula is C20H21N3. The molecule has 0 heterocycles. The standard InChI is InChI=1S/C20H21N3/c21-15-20(16-7-3-1-4-8-16)23(18-9-5-2-6-10-18)19-13-11-17(22)12-14-19/h1-14,20H,15,21-22H2. The summed E-state index contributed by atoms with van der Waals surface area (Å²) in [6.07, 6.45) is 0. The lowest BCUT2D eigenvalue weighted by Crippen LogP contribution is -2.30. The zero-order valence-electron chi connectivity index (χ0n) is 13.0. The molecule has 0 spiro atoms. The number of benzene rings is 3. The normalized spacial score (nSPS) is 11.9. The van der Waals surface area contributed by atoms with Gasteiger partial charge < -0.3 is 16.4 Å². The Kier molecular flexibility index (Phi) is 4.60. The molecular weight excluding hydrogens is 282 g/mol. The molecule has 3 nitrogen and oxygen atoms in total. The van der Waals surface area contributed by atoms with Crippen LogP contribution in [0.5, 0.6) is 0 Å². The minimum absolute atomic E-state index is 0.0576. The average molecular weight is 303 g/mol. The first-order chi connectivity index (χ1) is 11.3. The smallest absolute Gasteiger partial charge is 0.0713 e. The molecule has 3 heteroatoms. The van der Waals surface area contributed by atoms with Gasteiger partial charge in [-0.05, 0) is 42.0 Å². The Morgan fingerprint density at radius 2 is 1.22 bits per heavy atom. The highest BCUT2D eigenvalue weighted by molar-refractivity contribution is 5.66. The van der Waals surface area contributed by atoms with E-state index < -0.39 is 0 Å². The van der Waals surface area contributed by atoms with Crippen LogP contribution in [-0.2, 0) is 0 Å². The number of anilines is 3. The Hall–Kier alpha value is -2.78. The van der Waals surface area contributed by atoms with Crippen molar-refractivity contribution in [1.29, 1.82) is 0 Å². The van der Waals surface area contributed by atoms with Crippen LogP contribution in [0.3, 0.4) is 0 Å². The Labute approximate surface area is 137 Å². The predicted molar refractivity (Wildman–Crippen MR) is 97.7 cm³/mol. The summed E-state index contributed by atoms with van der Waals surface area (Å²) >= 11 is 0. The second-order valence-electron chi connectivity index (χ2n) is 5.46. The molecule has 0 aliphatic heterocycles. The van der Waals surface area contributed by atoms with Crippen molar-refractivity contribution in [3.05, 3.63) is 90.5 Å². The molecule has 0 aliphatic carbocycles. The third-order valence-electron chi connectivity index (χ3n) is 3.92. The quantitative estimate of drug-likeness (QED) is 0.697. The minimum Gasteiger partial charge on any atom is -0.399 e. The van der Waals surface area contributed by atoms with E-state index in [1.807, 2.05) is 60.7 Å². The van der Waals surface area contributed by atoms with E-state index in [1.165, 1.54) is 5.56 Å². The minimum atomic E-state index is 0.0576. The average Bonchev–Trinajstić information content (AvgIpc) is 2.62. The van der Waals surface area contributed by atoms with Crippen LogP contribution in [0, 0.1) is 0 Å². The first kappa shape index (κ1) is 15.1. The highest BCUT2D eigenvalue weighted by atomic mass is 15.2. The summed E-state index contributed by atoms with van der Waals surface area (Å²) in [5.74, 6) is 0. The fraction of sp³-hybridized carbons (Fsp3) is 0.100. The van der Waals surface area contributed by atoms with Crippen molar-refractivity contribution in [2.75, 3.05) is 17.2 Å². The summed E-state index contributed by atoms with van der Waals surface area (Å²) in [6, 6.07) is 28.6. The summed E-state index contributed by atoms with van der Waals surface area (Å²) in [4.78, 5) is 2.26. The first-order valence-electron chi connectivity index (χ1n) is 7.74. The molecule has 3 aromatic carbocycles. The monoisotopic (exact) mass is 303 g/mol. The van der Waals surface area contributed by atoms with Crippen LogP contribution in [0.15, 0.2) is 84.9 Å². The van der Waals surface area contributed by atoms with Gasteiger partial charge >= 0.3 is 0 Å². The molecule has 1 unspecified atom stereocenters. The van der Waals surface area contributed by atoms with Gasteiger partial charge in [0.05, 0.1) is 6.04 Å². The SMILES string of the molecule is NCC(c1ccccc1)N(c1ccccc1)c1ccc(N)cc1. The van der Waals surface area contributed by atoms with E-state index >= 15 is 0 Å². The van der Waals surface area contributed by atoms with E-state index in [0.29, 0.717) is 6.54 Å². The third kappa shape index (κ3) is 3.35. The molecule has 0 radical (unpaired) electrons. The summed E-state index contributed by atoms with van der Waals surface area (Å²) in [7, 11) is 0. The summed E-state index contributed by atoms with van der Waals surface area (Å²) < 4.78 is 0. The summed E-state index contributed by atoms with van der Waals surface area (Å²) in [5.41, 5.74) is 16.1. The van der Waals surface area contributed by atoms with E-state index in [2.05, 4.69) is 29.2 Å². The molecule has 0 aliphatic rings. The van der Waals surface area contributed by atoms with Crippen LogP contribution in [0.2, 0.25) is 0 Å². The van der Waals surface area contributed by atoms with Gasteiger partial charge in [-0.1, -0.05) is 48.5 Å². The van der Waals surface area contributed by atoms with Crippen LogP contribution in [0.25, 0.3) is 0 Å². The van der Waals surface area contributed by atoms with Crippen molar-refractivity contribution in [2.24, 2.45) is 5.73 Å². The van der Waals surface area contributed by atoms with Crippen LogP contribution in [0.4, 0.5) is 17.1 Å². The molecule has 23 heavy (non-hydrogen) atoms. The van der Waals surface area contributed by atoms with E-state index in [9.17, 15) is 0 Å². The van der Waals surface area contributed by atoms with Gasteiger partial charge in [-0.3, -0.25) is 0 Å². The van der Waals surface area contributed by atoms with Gasteiger partial charge in [0.15, 0.2) is 0 Å². The molecule has 0 aromatic heterocycles. The molecule has 0 saturated carbocycles. The number of para-hydroxylation sites is 1. The predicted octanol–water partition coefficient (Wildman–Crippen LogP) is 4.11. The van der Waals surface area contributed by atoms with Gasteiger partial charge in [-0.2, -0.15) is 0 Å². The van der Waals surface area contributed by atoms with E-state index in [0.717, 1.165) is 17.1 Å². The lowest BCUT2D eigenvalue weighted by Gasteiger charge is -2.33. The maximum atomic E-state index is 6.14. The topological polar surface area (TPSA) is 55.3 Å². The van der Waals surface area contributed by atoms with Crippen LogP contribution in [0.1, 0.15) is 11.6 Å². The van der Waals surface area contributed by atoms with E-state index in [-0.39, 0.29) is 6.04 Å². The third-order valence-corrected chi connectivity index (χ3v) is 3.92. The molecule has 1 atom stereocenters. The van der Waals surface area contributed by atoms with Crippen molar-refractivity contribution in [3.8, 4) is 0 Å². The van der Waals surface area contributed by atoms with Crippen molar-refractivity contribution in [2.45, 2.75) is 6.04 Å². The number of rotatable bonds is 5. The van der Waals surface area contributed by atoms with Crippen molar-refractivity contribution in [3.63, 3.8) is 0 Å². The van der Waals surface area contributed by atoms with Crippen LogP contribution in [-0.4, -0.2) is 6.54 Å². The van der Waals surface area contributed by atoms with E-state index in [4.69, 9.17) is 11.5 Å². The van der Waals surface area contributed by atoms with Gasteiger partial charge in [-0.15, -0.1) is 0 Å². The number of nitrogens with two attached hydrogens (primary N) is 2. The van der Waals surface area contributed by atoms with Crippen molar-refractivity contribution in [1.82, 2.24) is 0 Å².